The number of hydrogen-bond acceptors (Lipinski definition) is 5. The van der Waals surface area contributed by atoms with Crippen molar-refractivity contribution in [2.75, 3.05) is 6.61 Å². The van der Waals surface area contributed by atoms with Crippen LogP contribution in [0.1, 0.15) is 79.3 Å². The average Bonchev–Trinajstić information content (AvgIpc) is 2.90. The van der Waals surface area contributed by atoms with Crippen LogP contribution in [0, 0.1) is 45.2 Å². The molecule has 2 aromatic carbocycles. The molecule has 3 aromatic rings. The Labute approximate surface area is 250 Å². The van der Waals surface area contributed by atoms with Crippen LogP contribution in [0.25, 0.3) is 17.2 Å². The van der Waals surface area contributed by atoms with Crippen molar-refractivity contribution in [2.45, 2.75) is 73.4 Å². The Balaban J connectivity index is 2.12. The highest BCUT2D eigenvalue weighted by Crippen LogP contribution is 2.34. The van der Waals surface area contributed by atoms with Crippen molar-refractivity contribution in [1.29, 1.82) is 0 Å². The van der Waals surface area contributed by atoms with E-state index in [0.29, 0.717) is 34.6 Å². The van der Waals surface area contributed by atoms with Gasteiger partial charge in [-0.05, 0) is 105 Å². The van der Waals surface area contributed by atoms with E-state index in [9.17, 15) is 23.9 Å². The Morgan fingerprint density at radius 1 is 1.07 bits per heavy atom. The summed E-state index contributed by atoms with van der Waals surface area (Å²) in [7, 11) is 0. The van der Waals surface area contributed by atoms with Crippen molar-refractivity contribution in [2.24, 2.45) is 5.92 Å². The van der Waals surface area contributed by atoms with E-state index in [2.05, 4.69) is 10.3 Å². The van der Waals surface area contributed by atoms with Gasteiger partial charge in [0.1, 0.15) is 23.4 Å². The first kappa shape index (κ1) is 33.2. The first-order chi connectivity index (χ1) is 20.2. The lowest BCUT2D eigenvalue weighted by atomic mass is 9.90. The number of amides is 1. The molecule has 43 heavy (non-hydrogen) atoms. The molecule has 0 aliphatic heterocycles. The van der Waals surface area contributed by atoms with Crippen LogP contribution < -0.4 is 10.9 Å². The predicted octanol–water partition coefficient (Wildman–Crippen LogP) is 6.35. The Morgan fingerprint density at radius 2 is 1.72 bits per heavy atom. The van der Waals surface area contributed by atoms with E-state index in [1.54, 1.807) is 32.9 Å². The maximum Gasteiger partial charge on any atom is 0.305 e. The van der Waals surface area contributed by atoms with Gasteiger partial charge in [-0.1, -0.05) is 13.8 Å². The topological polar surface area (TPSA) is 111 Å². The molecule has 0 unspecified atom stereocenters. The van der Waals surface area contributed by atoms with Crippen molar-refractivity contribution >= 4 is 18.0 Å². The molecule has 1 amide bonds. The number of aromatic nitrogens is 2. The molecule has 0 spiro atoms. The number of nitrogens with zero attached hydrogens (tertiary/aromatic N) is 2. The summed E-state index contributed by atoms with van der Waals surface area (Å²) in [6.45, 7) is 12.6. The number of carbonyl (C=O) groups is 2. The number of nitrogens with one attached hydrogen (secondary N) is 1. The summed E-state index contributed by atoms with van der Waals surface area (Å²) in [5.41, 5.74) is 2.83. The van der Waals surface area contributed by atoms with Gasteiger partial charge in [0, 0.05) is 11.8 Å². The van der Waals surface area contributed by atoms with Gasteiger partial charge in [-0.3, -0.25) is 19.0 Å². The third kappa shape index (κ3) is 8.15. The molecule has 1 aromatic heterocycles. The molecule has 2 atom stereocenters. The zero-order valence-electron chi connectivity index (χ0n) is 25.6. The van der Waals surface area contributed by atoms with Crippen LogP contribution in [0.5, 0.6) is 0 Å². The molecule has 3 rings (SSSR count). The second-order valence-corrected chi connectivity index (χ2v) is 11.1. The minimum absolute atomic E-state index is 0.0178. The molecular weight excluding hydrogens is 556 g/mol. The summed E-state index contributed by atoms with van der Waals surface area (Å²) in [5, 5.41) is 12.5. The number of carbonyl (C=O) groups excluding carboxylic acids is 1. The monoisotopic (exact) mass is 595 g/mol. The fraction of sp³-hybridized carbons (Fsp3) is 0.394. The second kappa shape index (κ2) is 14.2. The normalized spacial score (nSPS) is 12.9. The maximum atomic E-state index is 15.7. The number of carboxylic acid groups (broad SMARTS) is 1. The summed E-state index contributed by atoms with van der Waals surface area (Å²) in [6, 6.07) is 3.58. The molecule has 0 aliphatic rings. The molecular formula is C33H39F2N3O5. The van der Waals surface area contributed by atoms with Gasteiger partial charge in [0.2, 0.25) is 5.91 Å². The average molecular weight is 596 g/mol. The number of carboxylic acids is 1. The largest absolute Gasteiger partial charge is 0.501 e. The second-order valence-electron chi connectivity index (χ2n) is 11.1. The van der Waals surface area contributed by atoms with Crippen LogP contribution in [0.2, 0.25) is 0 Å². The van der Waals surface area contributed by atoms with E-state index in [1.165, 1.54) is 42.1 Å². The van der Waals surface area contributed by atoms with Crippen molar-refractivity contribution in [3.8, 4) is 11.1 Å². The lowest BCUT2D eigenvalue weighted by Crippen LogP contribution is -2.41. The number of rotatable bonds is 12. The standard InChI is InChI=1S/C33H39F2N3O5/c1-8-43-10-9-25-17-38(33(42)22(7)36-25)28(11-18(2)3)32(41)37-27(16-29(39)40)26-15-23(12-21(6)31(26)35)30-19(4)13-24(34)14-20(30)5/h9-10,12-15,17-18,27-28H,8,11,16H2,1-7H3,(H,37,41)(H,39,40)/b10-9+/t27-,28-/m0/s1. The van der Waals surface area contributed by atoms with Gasteiger partial charge in [0.05, 0.1) is 31.0 Å². The fourth-order valence-electron chi connectivity index (χ4n) is 5.22. The Kier molecular flexibility index (Phi) is 11.0. The van der Waals surface area contributed by atoms with E-state index < -0.39 is 47.6 Å². The molecule has 0 radical (unpaired) electrons. The minimum atomic E-state index is -1.25. The van der Waals surface area contributed by atoms with E-state index in [4.69, 9.17) is 4.74 Å². The van der Waals surface area contributed by atoms with Crippen LogP contribution in [0.4, 0.5) is 8.78 Å². The highest BCUT2D eigenvalue weighted by molar-refractivity contribution is 5.82. The van der Waals surface area contributed by atoms with Gasteiger partial charge in [-0.15, -0.1) is 0 Å². The number of halogens is 2. The number of hydrogen-bond donors (Lipinski definition) is 2. The van der Waals surface area contributed by atoms with Crippen LogP contribution >= 0.6 is 0 Å². The summed E-state index contributed by atoms with van der Waals surface area (Å²) in [5.74, 6) is -2.97. The predicted molar refractivity (Wildman–Crippen MR) is 162 cm³/mol. The molecule has 2 N–H and O–H groups in total. The molecule has 0 saturated heterocycles. The Bertz CT molecular complexity index is 1570. The highest BCUT2D eigenvalue weighted by Gasteiger charge is 2.29. The summed E-state index contributed by atoms with van der Waals surface area (Å²) in [6.07, 6.45) is 4.12. The minimum Gasteiger partial charge on any atom is -0.501 e. The van der Waals surface area contributed by atoms with Gasteiger partial charge in [0.15, 0.2) is 0 Å². The van der Waals surface area contributed by atoms with Gasteiger partial charge in [0.25, 0.3) is 5.56 Å². The summed E-state index contributed by atoms with van der Waals surface area (Å²) < 4.78 is 36.2. The number of benzene rings is 2. The highest BCUT2D eigenvalue weighted by atomic mass is 19.1. The maximum absolute atomic E-state index is 15.7. The van der Waals surface area contributed by atoms with Gasteiger partial charge in [-0.25, -0.2) is 13.8 Å². The zero-order valence-corrected chi connectivity index (χ0v) is 25.6. The summed E-state index contributed by atoms with van der Waals surface area (Å²) in [4.78, 5) is 43.3. The molecule has 230 valence electrons. The molecule has 0 bridgehead atoms. The Morgan fingerprint density at radius 3 is 2.30 bits per heavy atom. The van der Waals surface area contributed by atoms with Crippen molar-refractivity contribution in [3.63, 3.8) is 0 Å². The molecule has 0 fully saturated rings. The van der Waals surface area contributed by atoms with E-state index in [0.717, 1.165) is 0 Å². The van der Waals surface area contributed by atoms with Crippen molar-refractivity contribution in [3.05, 3.63) is 92.4 Å². The van der Waals surface area contributed by atoms with E-state index in [1.807, 2.05) is 20.8 Å². The van der Waals surface area contributed by atoms with Crippen LogP contribution in [-0.4, -0.2) is 33.1 Å². The number of ether oxygens (including phenoxy) is 1. The van der Waals surface area contributed by atoms with Gasteiger partial charge < -0.3 is 15.2 Å². The summed E-state index contributed by atoms with van der Waals surface area (Å²) >= 11 is 0. The lowest BCUT2D eigenvalue weighted by Gasteiger charge is -2.26. The zero-order chi connectivity index (χ0) is 32.0. The third-order valence-electron chi connectivity index (χ3n) is 7.09. The van der Waals surface area contributed by atoms with Gasteiger partial charge >= 0.3 is 5.97 Å². The third-order valence-corrected chi connectivity index (χ3v) is 7.09. The number of aliphatic carboxylic acids is 1. The quantitative estimate of drug-likeness (QED) is 0.236. The fourth-order valence-corrected chi connectivity index (χ4v) is 5.22. The molecule has 0 saturated carbocycles. The first-order valence-electron chi connectivity index (χ1n) is 14.2. The van der Waals surface area contributed by atoms with Crippen LogP contribution in [-0.2, 0) is 14.3 Å². The Hall–Kier alpha value is -4.34. The van der Waals surface area contributed by atoms with Crippen LogP contribution in [0.15, 0.2) is 41.5 Å². The molecule has 1 heterocycles. The van der Waals surface area contributed by atoms with E-state index >= 15 is 4.39 Å². The lowest BCUT2D eigenvalue weighted by molar-refractivity contribution is -0.138. The van der Waals surface area contributed by atoms with Crippen molar-refractivity contribution < 1.29 is 28.2 Å². The molecule has 8 nitrogen and oxygen atoms in total. The molecule has 10 heteroatoms. The number of aryl methyl sites for hydroxylation is 4. The van der Waals surface area contributed by atoms with Gasteiger partial charge in [-0.2, -0.15) is 0 Å². The smallest absolute Gasteiger partial charge is 0.305 e. The van der Waals surface area contributed by atoms with Crippen LogP contribution in [0.3, 0.4) is 0 Å². The van der Waals surface area contributed by atoms with E-state index in [-0.39, 0.29) is 29.2 Å². The molecule has 0 aliphatic carbocycles. The SMILES string of the molecule is CCO/C=C/c1cn([C@@H](CC(C)C)C(=O)N[C@@H](CC(=O)O)c2cc(-c3c(C)cc(F)cc3C)cc(C)c2F)c(=O)c(C)n1. The van der Waals surface area contributed by atoms with Crippen molar-refractivity contribution in [1.82, 2.24) is 14.9 Å². The first-order valence-corrected chi connectivity index (χ1v) is 14.2.